The Balaban J connectivity index is 2.25. The van der Waals surface area contributed by atoms with E-state index in [0.717, 1.165) is 12.0 Å². The summed E-state index contributed by atoms with van der Waals surface area (Å²) in [5, 5.41) is 3.54. The highest BCUT2D eigenvalue weighted by molar-refractivity contribution is 6.67. The number of anilines is 1. The lowest BCUT2D eigenvalue weighted by atomic mass is 9.92. The number of carbonyl (C=O) groups excluding carboxylic acids is 1. The molecule has 0 amide bonds. The van der Waals surface area contributed by atoms with Crippen molar-refractivity contribution in [3.8, 4) is 0 Å². The molecule has 0 bridgehead atoms. The Bertz CT molecular complexity index is 513. The van der Waals surface area contributed by atoms with Crippen molar-refractivity contribution in [1.29, 1.82) is 0 Å². The number of hydrogen-bond donors (Lipinski definition) is 2. The van der Waals surface area contributed by atoms with Gasteiger partial charge in [-0.15, -0.1) is 0 Å². The molecule has 3 N–H and O–H groups in total. The lowest BCUT2D eigenvalue weighted by Gasteiger charge is -2.29. The molecule has 1 saturated carbocycles. The SMILES string of the molecule is CCC(NC1CCCCC1)c1cc(C(=O)Cl)cc(Cl)c1N. The first-order valence-electron chi connectivity index (χ1n) is 7.57. The fourth-order valence-electron chi connectivity index (χ4n) is 3.02. The number of benzene rings is 1. The summed E-state index contributed by atoms with van der Waals surface area (Å²) < 4.78 is 0. The van der Waals surface area contributed by atoms with Crippen LogP contribution in [0, 0.1) is 0 Å². The number of nitrogen functional groups attached to an aromatic ring is 1. The van der Waals surface area contributed by atoms with Gasteiger partial charge in [0.2, 0.25) is 0 Å². The zero-order valence-electron chi connectivity index (χ0n) is 12.3. The van der Waals surface area contributed by atoms with Crippen molar-refractivity contribution in [2.45, 2.75) is 57.5 Å². The zero-order chi connectivity index (χ0) is 15.4. The number of nitrogens with two attached hydrogens (primary N) is 1. The first-order chi connectivity index (χ1) is 10.0. The minimum absolute atomic E-state index is 0.0987. The number of rotatable bonds is 5. The highest BCUT2D eigenvalue weighted by Crippen LogP contribution is 2.33. The topological polar surface area (TPSA) is 55.1 Å². The van der Waals surface area contributed by atoms with Crippen LogP contribution in [0.4, 0.5) is 5.69 Å². The van der Waals surface area contributed by atoms with Crippen molar-refractivity contribution >= 4 is 34.1 Å². The quantitative estimate of drug-likeness (QED) is 0.609. The normalized spacial score (nSPS) is 17.7. The molecule has 0 saturated heterocycles. The van der Waals surface area contributed by atoms with Gasteiger partial charge in [0.05, 0.1) is 10.7 Å². The van der Waals surface area contributed by atoms with E-state index in [0.29, 0.717) is 22.3 Å². The summed E-state index contributed by atoms with van der Waals surface area (Å²) in [5.41, 5.74) is 7.92. The largest absolute Gasteiger partial charge is 0.397 e. The van der Waals surface area contributed by atoms with Crippen LogP contribution in [0.3, 0.4) is 0 Å². The number of hydrogen-bond acceptors (Lipinski definition) is 3. The van der Waals surface area contributed by atoms with Crippen LogP contribution in [0.2, 0.25) is 5.02 Å². The van der Waals surface area contributed by atoms with Crippen molar-refractivity contribution in [2.75, 3.05) is 5.73 Å². The van der Waals surface area contributed by atoms with Crippen LogP contribution >= 0.6 is 23.2 Å². The van der Waals surface area contributed by atoms with Crippen LogP contribution in [0.1, 0.15) is 67.4 Å². The number of carbonyl (C=O) groups is 1. The molecule has 0 heterocycles. The summed E-state index contributed by atoms with van der Waals surface area (Å²) in [5.74, 6) is 0. The number of halogens is 2. The maximum absolute atomic E-state index is 11.4. The molecule has 1 aromatic carbocycles. The van der Waals surface area contributed by atoms with Crippen molar-refractivity contribution in [1.82, 2.24) is 5.32 Å². The predicted octanol–water partition coefficient (Wildman–Crippen LogP) is 4.67. The third kappa shape index (κ3) is 4.12. The Kier molecular flexibility index (Phi) is 5.91. The molecule has 1 aromatic rings. The molecule has 0 radical (unpaired) electrons. The predicted molar refractivity (Wildman–Crippen MR) is 89.1 cm³/mol. The van der Waals surface area contributed by atoms with E-state index in [1.165, 1.54) is 38.2 Å². The summed E-state index contributed by atoms with van der Waals surface area (Å²) in [6, 6.07) is 3.91. The molecule has 5 heteroatoms. The second kappa shape index (κ2) is 7.48. The van der Waals surface area contributed by atoms with Crippen molar-refractivity contribution in [3.63, 3.8) is 0 Å². The van der Waals surface area contributed by atoms with Crippen LogP contribution in [0.15, 0.2) is 12.1 Å². The zero-order valence-corrected chi connectivity index (χ0v) is 13.8. The van der Waals surface area contributed by atoms with Gasteiger partial charge in [0, 0.05) is 17.6 Å². The van der Waals surface area contributed by atoms with Crippen molar-refractivity contribution < 1.29 is 4.79 Å². The van der Waals surface area contributed by atoms with E-state index in [2.05, 4.69) is 12.2 Å². The van der Waals surface area contributed by atoms with E-state index >= 15 is 0 Å². The van der Waals surface area contributed by atoms with Crippen LogP contribution in [-0.2, 0) is 0 Å². The van der Waals surface area contributed by atoms with Crippen LogP contribution in [0.5, 0.6) is 0 Å². The molecule has 1 atom stereocenters. The molecule has 1 unspecified atom stereocenters. The third-order valence-electron chi connectivity index (χ3n) is 4.21. The smallest absolute Gasteiger partial charge is 0.252 e. The molecule has 0 aromatic heterocycles. The van der Waals surface area contributed by atoms with Gasteiger partial charge in [0.1, 0.15) is 0 Å². The van der Waals surface area contributed by atoms with Crippen molar-refractivity contribution in [2.24, 2.45) is 0 Å². The Morgan fingerprint density at radius 2 is 2.05 bits per heavy atom. The van der Waals surface area contributed by atoms with Crippen LogP contribution in [0.25, 0.3) is 0 Å². The minimum atomic E-state index is -0.509. The summed E-state index contributed by atoms with van der Waals surface area (Å²) in [6.07, 6.45) is 7.13. The second-order valence-electron chi connectivity index (χ2n) is 5.70. The molecule has 116 valence electrons. The first-order valence-corrected chi connectivity index (χ1v) is 8.33. The Labute approximate surface area is 136 Å². The molecule has 21 heavy (non-hydrogen) atoms. The molecule has 0 aliphatic heterocycles. The van der Waals surface area contributed by atoms with Gasteiger partial charge >= 0.3 is 0 Å². The van der Waals surface area contributed by atoms with Gasteiger partial charge in [0.25, 0.3) is 5.24 Å². The molecular weight excluding hydrogens is 307 g/mol. The standard InChI is InChI=1S/C16H22Cl2N2O/c1-2-14(20-11-6-4-3-5-7-11)12-8-10(16(18)21)9-13(17)15(12)19/h8-9,11,14,20H,2-7,19H2,1H3. The maximum Gasteiger partial charge on any atom is 0.252 e. The van der Waals surface area contributed by atoms with Gasteiger partial charge < -0.3 is 11.1 Å². The summed E-state index contributed by atoms with van der Waals surface area (Å²) >= 11 is 11.7. The maximum atomic E-state index is 11.4. The second-order valence-corrected chi connectivity index (χ2v) is 6.45. The third-order valence-corrected chi connectivity index (χ3v) is 4.75. The van der Waals surface area contributed by atoms with Gasteiger partial charge in [-0.3, -0.25) is 4.79 Å². The Morgan fingerprint density at radius 3 is 2.62 bits per heavy atom. The van der Waals surface area contributed by atoms with Gasteiger partial charge in [-0.25, -0.2) is 0 Å². The molecule has 1 fully saturated rings. The molecule has 3 nitrogen and oxygen atoms in total. The van der Waals surface area contributed by atoms with E-state index in [9.17, 15) is 4.79 Å². The van der Waals surface area contributed by atoms with Gasteiger partial charge in [-0.2, -0.15) is 0 Å². The van der Waals surface area contributed by atoms with Crippen molar-refractivity contribution in [3.05, 3.63) is 28.3 Å². The molecular formula is C16H22Cl2N2O. The fraction of sp³-hybridized carbons (Fsp3) is 0.562. The molecule has 1 aliphatic rings. The summed E-state index contributed by atoms with van der Waals surface area (Å²) in [7, 11) is 0. The highest BCUT2D eigenvalue weighted by Gasteiger charge is 2.21. The monoisotopic (exact) mass is 328 g/mol. The molecule has 2 rings (SSSR count). The lowest BCUT2D eigenvalue weighted by Crippen LogP contribution is -2.34. The average molecular weight is 329 g/mol. The summed E-state index contributed by atoms with van der Waals surface area (Å²) in [4.78, 5) is 11.4. The van der Waals surface area contributed by atoms with E-state index < -0.39 is 5.24 Å². The van der Waals surface area contributed by atoms with E-state index in [1.807, 2.05) is 0 Å². The van der Waals surface area contributed by atoms with Gasteiger partial charge in [0.15, 0.2) is 0 Å². The molecule has 1 aliphatic carbocycles. The number of nitrogens with one attached hydrogen (secondary N) is 1. The Morgan fingerprint density at radius 1 is 1.38 bits per heavy atom. The van der Waals surface area contributed by atoms with Crippen LogP contribution in [-0.4, -0.2) is 11.3 Å². The first kappa shape index (κ1) is 16.6. The summed E-state index contributed by atoms with van der Waals surface area (Å²) in [6.45, 7) is 2.10. The van der Waals surface area contributed by atoms with Crippen LogP contribution < -0.4 is 11.1 Å². The minimum Gasteiger partial charge on any atom is -0.397 e. The van der Waals surface area contributed by atoms with E-state index in [1.54, 1.807) is 6.07 Å². The lowest BCUT2D eigenvalue weighted by molar-refractivity contribution is 0.108. The van der Waals surface area contributed by atoms with E-state index in [-0.39, 0.29) is 6.04 Å². The van der Waals surface area contributed by atoms with E-state index in [4.69, 9.17) is 28.9 Å². The Hall–Kier alpha value is -0.770. The molecule has 0 spiro atoms. The van der Waals surface area contributed by atoms with Gasteiger partial charge in [-0.1, -0.05) is 37.8 Å². The highest BCUT2D eigenvalue weighted by atomic mass is 35.5. The fourth-order valence-corrected chi connectivity index (χ4v) is 3.36. The average Bonchev–Trinajstić information content (AvgIpc) is 2.48. The van der Waals surface area contributed by atoms with Gasteiger partial charge in [-0.05, 0) is 48.6 Å².